The monoisotopic (exact) mass is 264 g/mol. The van der Waals surface area contributed by atoms with E-state index in [1.165, 1.54) is 12.1 Å². The summed E-state index contributed by atoms with van der Waals surface area (Å²) in [5, 5.41) is 8.71. The van der Waals surface area contributed by atoms with E-state index in [0.29, 0.717) is 18.1 Å². The van der Waals surface area contributed by atoms with Crippen LogP contribution < -0.4 is 0 Å². The first-order valence-corrected chi connectivity index (χ1v) is 6.52. The molecule has 0 heterocycles. The molecule has 0 aliphatic rings. The van der Waals surface area contributed by atoms with E-state index >= 15 is 0 Å². The molecule has 1 rings (SSSR count). The lowest BCUT2D eigenvalue weighted by Crippen LogP contribution is -2.11. The van der Waals surface area contributed by atoms with Crippen LogP contribution in [0, 0.1) is 23.6 Å². The van der Waals surface area contributed by atoms with Crippen LogP contribution in [-0.2, 0) is 11.3 Å². The van der Waals surface area contributed by atoms with Crippen molar-refractivity contribution < 1.29 is 14.2 Å². The van der Waals surface area contributed by atoms with E-state index in [0.717, 1.165) is 12.0 Å². The molecule has 1 atom stereocenters. The van der Waals surface area contributed by atoms with E-state index in [1.807, 2.05) is 6.92 Å². The van der Waals surface area contributed by atoms with Crippen LogP contribution in [0.5, 0.6) is 0 Å². The number of ether oxygens (including phenoxy) is 1. The van der Waals surface area contributed by atoms with Crippen LogP contribution in [0.15, 0.2) is 18.2 Å². The van der Waals surface area contributed by atoms with Crippen molar-refractivity contribution >= 4 is 0 Å². The Balaban J connectivity index is 2.72. The van der Waals surface area contributed by atoms with Gasteiger partial charge in [-0.3, -0.25) is 0 Å². The second kappa shape index (κ2) is 7.93. The van der Waals surface area contributed by atoms with Gasteiger partial charge in [-0.25, -0.2) is 4.39 Å². The maximum atomic E-state index is 13.2. The van der Waals surface area contributed by atoms with Gasteiger partial charge in [0.15, 0.2) is 0 Å². The number of benzene rings is 1. The Morgan fingerprint density at radius 2 is 2.05 bits per heavy atom. The smallest absolute Gasteiger partial charge is 0.124 e. The van der Waals surface area contributed by atoms with Crippen molar-refractivity contribution in [2.24, 2.45) is 5.92 Å². The Bertz CT molecular complexity index is 458. The number of rotatable bonds is 5. The van der Waals surface area contributed by atoms with Gasteiger partial charge in [-0.05, 0) is 37.0 Å². The summed E-state index contributed by atoms with van der Waals surface area (Å²) in [5.41, 5.74) is 1.42. The fraction of sp³-hybridized carbons (Fsp3) is 0.500. The SMILES string of the molecule is CC(C)CC(C)OCc1ccc(F)cc1C#CCO. The Kier molecular flexibility index (Phi) is 6.55. The second-order valence-electron chi connectivity index (χ2n) is 5.01. The van der Waals surface area contributed by atoms with E-state index < -0.39 is 0 Å². The summed E-state index contributed by atoms with van der Waals surface area (Å²) in [7, 11) is 0. The van der Waals surface area contributed by atoms with Crippen LogP contribution in [0.1, 0.15) is 38.3 Å². The third-order valence-corrected chi connectivity index (χ3v) is 2.70. The van der Waals surface area contributed by atoms with Gasteiger partial charge in [0.2, 0.25) is 0 Å². The Labute approximate surface area is 114 Å². The highest BCUT2D eigenvalue weighted by Crippen LogP contribution is 2.15. The van der Waals surface area contributed by atoms with Crippen molar-refractivity contribution in [2.45, 2.75) is 39.9 Å². The summed E-state index contributed by atoms with van der Waals surface area (Å²) in [6, 6.07) is 4.45. The van der Waals surface area contributed by atoms with Gasteiger partial charge in [-0.15, -0.1) is 0 Å². The summed E-state index contributed by atoms with van der Waals surface area (Å²) in [4.78, 5) is 0. The van der Waals surface area contributed by atoms with E-state index in [1.54, 1.807) is 6.07 Å². The Morgan fingerprint density at radius 3 is 2.68 bits per heavy atom. The first kappa shape index (κ1) is 15.7. The van der Waals surface area contributed by atoms with Crippen LogP contribution in [0.2, 0.25) is 0 Å². The first-order valence-electron chi connectivity index (χ1n) is 6.52. The maximum Gasteiger partial charge on any atom is 0.124 e. The summed E-state index contributed by atoms with van der Waals surface area (Å²) < 4.78 is 18.9. The van der Waals surface area contributed by atoms with Gasteiger partial charge in [-0.2, -0.15) is 0 Å². The van der Waals surface area contributed by atoms with Crippen molar-refractivity contribution in [3.63, 3.8) is 0 Å². The predicted octanol–water partition coefficient (Wildman–Crippen LogP) is 3.12. The minimum Gasteiger partial charge on any atom is -0.384 e. The topological polar surface area (TPSA) is 29.5 Å². The van der Waals surface area contributed by atoms with Crippen molar-refractivity contribution in [1.29, 1.82) is 0 Å². The summed E-state index contributed by atoms with van der Waals surface area (Å²) in [6.45, 7) is 6.50. The molecule has 0 saturated heterocycles. The summed E-state index contributed by atoms with van der Waals surface area (Å²) in [5.74, 6) is 5.53. The van der Waals surface area contributed by atoms with Crippen LogP contribution in [0.4, 0.5) is 4.39 Å². The van der Waals surface area contributed by atoms with E-state index in [4.69, 9.17) is 9.84 Å². The molecule has 3 heteroatoms. The van der Waals surface area contributed by atoms with Gasteiger partial charge >= 0.3 is 0 Å². The fourth-order valence-corrected chi connectivity index (χ4v) is 1.89. The highest BCUT2D eigenvalue weighted by molar-refractivity contribution is 5.41. The lowest BCUT2D eigenvalue weighted by atomic mass is 10.1. The highest BCUT2D eigenvalue weighted by Gasteiger charge is 2.08. The van der Waals surface area contributed by atoms with Gasteiger partial charge in [0, 0.05) is 5.56 Å². The Morgan fingerprint density at radius 1 is 1.32 bits per heavy atom. The van der Waals surface area contributed by atoms with Gasteiger partial charge in [0.05, 0.1) is 12.7 Å². The molecule has 1 aromatic rings. The quantitative estimate of drug-likeness (QED) is 0.828. The number of aliphatic hydroxyl groups is 1. The third-order valence-electron chi connectivity index (χ3n) is 2.70. The largest absolute Gasteiger partial charge is 0.384 e. The average Bonchev–Trinajstić information content (AvgIpc) is 2.34. The molecule has 0 aliphatic carbocycles. The fourth-order valence-electron chi connectivity index (χ4n) is 1.89. The molecule has 0 fully saturated rings. The number of hydrogen-bond acceptors (Lipinski definition) is 2. The molecule has 2 nitrogen and oxygen atoms in total. The molecule has 0 radical (unpaired) electrons. The zero-order valence-electron chi connectivity index (χ0n) is 11.7. The summed E-state index contributed by atoms with van der Waals surface area (Å²) >= 11 is 0. The average molecular weight is 264 g/mol. The van der Waals surface area contributed by atoms with Crippen LogP contribution >= 0.6 is 0 Å². The molecule has 1 unspecified atom stereocenters. The van der Waals surface area contributed by atoms with Crippen molar-refractivity contribution in [2.75, 3.05) is 6.61 Å². The van der Waals surface area contributed by atoms with Crippen molar-refractivity contribution in [3.05, 3.63) is 35.1 Å². The molecular formula is C16H21FO2. The lowest BCUT2D eigenvalue weighted by molar-refractivity contribution is 0.0396. The molecule has 1 N–H and O–H groups in total. The van der Waals surface area contributed by atoms with E-state index in [2.05, 4.69) is 25.7 Å². The molecule has 0 spiro atoms. The highest BCUT2D eigenvalue weighted by atomic mass is 19.1. The second-order valence-corrected chi connectivity index (χ2v) is 5.01. The molecule has 0 bridgehead atoms. The first-order chi connectivity index (χ1) is 9.02. The van der Waals surface area contributed by atoms with Gasteiger partial charge in [0.25, 0.3) is 0 Å². The molecule has 104 valence electrons. The van der Waals surface area contributed by atoms with Crippen molar-refractivity contribution in [3.8, 4) is 11.8 Å². The zero-order chi connectivity index (χ0) is 14.3. The Hall–Kier alpha value is -1.37. The lowest BCUT2D eigenvalue weighted by Gasteiger charge is -2.15. The van der Waals surface area contributed by atoms with Crippen molar-refractivity contribution in [1.82, 2.24) is 0 Å². The molecular weight excluding hydrogens is 243 g/mol. The number of aliphatic hydroxyl groups excluding tert-OH is 1. The molecule has 0 saturated carbocycles. The maximum absolute atomic E-state index is 13.2. The minimum atomic E-state index is -0.332. The third kappa shape index (κ3) is 5.87. The molecule has 0 amide bonds. The molecule has 1 aromatic carbocycles. The van der Waals surface area contributed by atoms with Gasteiger partial charge in [0.1, 0.15) is 12.4 Å². The van der Waals surface area contributed by atoms with Crippen LogP contribution in [0.3, 0.4) is 0 Å². The van der Waals surface area contributed by atoms with Gasteiger partial charge < -0.3 is 9.84 Å². The minimum absolute atomic E-state index is 0.156. The number of halogens is 1. The van der Waals surface area contributed by atoms with E-state index in [9.17, 15) is 4.39 Å². The predicted molar refractivity (Wildman–Crippen MR) is 74.1 cm³/mol. The van der Waals surface area contributed by atoms with E-state index in [-0.39, 0.29) is 18.5 Å². The number of hydrogen-bond donors (Lipinski definition) is 1. The molecule has 19 heavy (non-hydrogen) atoms. The molecule has 0 aliphatic heterocycles. The zero-order valence-corrected chi connectivity index (χ0v) is 11.7. The normalized spacial score (nSPS) is 12.1. The summed E-state index contributed by atoms with van der Waals surface area (Å²) in [6.07, 6.45) is 1.14. The standard InChI is InChI=1S/C16H21FO2/c1-12(2)9-13(3)19-11-15-6-7-16(17)10-14(15)5-4-8-18/h6-7,10,12-13,18H,8-9,11H2,1-3H3. The van der Waals surface area contributed by atoms with Crippen LogP contribution in [-0.4, -0.2) is 17.8 Å². The van der Waals surface area contributed by atoms with Crippen LogP contribution in [0.25, 0.3) is 0 Å². The van der Waals surface area contributed by atoms with Gasteiger partial charge in [-0.1, -0.05) is 31.8 Å². The molecule has 0 aromatic heterocycles.